The maximum Gasteiger partial charge on any atom is 0.406 e. The normalized spacial score (nSPS) is 18.4. The van der Waals surface area contributed by atoms with Crippen LogP contribution in [0.25, 0.3) is 0 Å². The number of rotatable bonds is 3. The third kappa shape index (κ3) is 3.51. The van der Waals surface area contributed by atoms with E-state index >= 15 is 0 Å². The molecule has 18 heavy (non-hydrogen) atoms. The van der Waals surface area contributed by atoms with Crippen molar-refractivity contribution >= 4 is 12.0 Å². The molecule has 0 radical (unpaired) electrons. The van der Waals surface area contributed by atoms with Crippen LogP contribution in [-0.2, 0) is 4.79 Å². The number of amides is 2. The van der Waals surface area contributed by atoms with E-state index < -0.39 is 30.3 Å². The van der Waals surface area contributed by atoms with E-state index in [1.54, 1.807) is 0 Å². The highest BCUT2D eigenvalue weighted by Crippen LogP contribution is 2.30. The van der Waals surface area contributed by atoms with Gasteiger partial charge in [-0.3, -0.25) is 0 Å². The lowest BCUT2D eigenvalue weighted by molar-refractivity contribution is -0.144. The van der Waals surface area contributed by atoms with E-state index in [1.165, 1.54) is 0 Å². The number of aliphatic carboxylic acids is 1. The zero-order valence-electron chi connectivity index (χ0n) is 9.88. The molecule has 0 spiro atoms. The predicted octanol–water partition coefficient (Wildman–Crippen LogP) is 1.59. The molecule has 1 fully saturated rings. The Hall–Kier alpha value is -1.47. The Morgan fingerprint density at radius 1 is 1.33 bits per heavy atom. The minimum atomic E-state index is -4.50. The van der Waals surface area contributed by atoms with Crippen molar-refractivity contribution in [2.75, 3.05) is 13.6 Å². The molecule has 2 amide bonds. The number of nitrogens with zero attached hydrogens (tertiary/aromatic N) is 1. The Morgan fingerprint density at radius 2 is 1.83 bits per heavy atom. The first-order valence-electron chi connectivity index (χ1n) is 5.50. The first-order chi connectivity index (χ1) is 8.16. The van der Waals surface area contributed by atoms with Crippen LogP contribution in [0.3, 0.4) is 0 Å². The highest BCUT2D eigenvalue weighted by Gasteiger charge is 2.43. The van der Waals surface area contributed by atoms with E-state index in [0.717, 1.165) is 7.05 Å². The lowest BCUT2D eigenvalue weighted by Gasteiger charge is -2.28. The minimum absolute atomic E-state index is 0.244. The van der Waals surface area contributed by atoms with Crippen LogP contribution < -0.4 is 5.32 Å². The molecule has 1 aliphatic rings. The highest BCUT2D eigenvalue weighted by atomic mass is 19.4. The topological polar surface area (TPSA) is 69.6 Å². The Kier molecular flexibility index (Phi) is 4.08. The second-order valence-corrected chi connectivity index (χ2v) is 4.50. The summed E-state index contributed by atoms with van der Waals surface area (Å²) in [4.78, 5) is 23.1. The summed E-state index contributed by atoms with van der Waals surface area (Å²) < 4.78 is 36.3. The van der Waals surface area contributed by atoms with Gasteiger partial charge in [-0.15, -0.1) is 0 Å². The van der Waals surface area contributed by atoms with Gasteiger partial charge in [0.25, 0.3) is 0 Å². The van der Waals surface area contributed by atoms with E-state index in [2.05, 4.69) is 5.32 Å². The molecule has 0 aromatic rings. The van der Waals surface area contributed by atoms with Crippen molar-refractivity contribution < 1.29 is 27.9 Å². The van der Waals surface area contributed by atoms with Crippen LogP contribution in [-0.4, -0.2) is 47.3 Å². The minimum Gasteiger partial charge on any atom is -0.480 e. The number of hydrogen-bond donors (Lipinski definition) is 2. The lowest BCUT2D eigenvalue weighted by Crippen LogP contribution is -2.56. The summed E-state index contributed by atoms with van der Waals surface area (Å²) in [5, 5.41) is 11.3. The molecule has 0 bridgehead atoms. The number of halogens is 3. The van der Waals surface area contributed by atoms with Gasteiger partial charge in [-0.05, 0) is 12.8 Å². The maximum atomic E-state index is 12.1. The van der Waals surface area contributed by atoms with Gasteiger partial charge in [0.2, 0.25) is 0 Å². The molecule has 0 aromatic carbocycles. The fourth-order valence-electron chi connectivity index (χ4n) is 2.01. The van der Waals surface area contributed by atoms with Gasteiger partial charge in [0.05, 0.1) is 0 Å². The summed E-state index contributed by atoms with van der Waals surface area (Å²) in [6.45, 7) is -1.41. The SMILES string of the molecule is CN(CC(F)(F)F)C(=O)NC1(C(=O)O)CCCC1. The zero-order chi connectivity index (χ0) is 14.0. The van der Waals surface area contributed by atoms with Crippen LogP contribution in [0.4, 0.5) is 18.0 Å². The van der Waals surface area contributed by atoms with Crippen LogP contribution in [0, 0.1) is 0 Å². The van der Waals surface area contributed by atoms with Gasteiger partial charge >= 0.3 is 18.2 Å². The molecule has 0 aromatic heterocycles. The summed E-state index contributed by atoms with van der Waals surface area (Å²) in [7, 11) is 0.979. The summed E-state index contributed by atoms with van der Waals surface area (Å²) in [5.41, 5.74) is -1.42. The number of nitrogens with one attached hydrogen (secondary N) is 1. The molecule has 8 heteroatoms. The molecular formula is C10H15F3N2O3. The molecule has 0 atom stereocenters. The monoisotopic (exact) mass is 268 g/mol. The third-order valence-electron chi connectivity index (χ3n) is 2.98. The highest BCUT2D eigenvalue weighted by molar-refractivity contribution is 5.86. The maximum absolute atomic E-state index is 12.1. The predicted molar refractivity (Wildman–Crippen MR) is 56.1 cm³/mol. The summed E-state index contributed by atoms with van der Waals surface area (Å²) in [6.07, 6.45) is -2.74. The van der Waals surface area contributed by atoms with Crippen molar-refractivity contribution in [1.82, 2.24) is 10.2 Å². The van der Waals surface area contributed by atoms with Gasteiger partial charge in [0.1, 0.15) is 12.1 Å². The second kappa shape index (κ2) is 5.03. The van der Waals surface area contributed by atoms with Crippen molar-refractivity contribution in [3.05, 3.63) is 0 Å². The number of carboxylic acid groups (broad SMARTS) is 1. The Bertz CT molecular complexity index is 338. The largest absolute Gasteiger partial charge is 0.480 e. The Labute approximate surface area is 102 Å². The summed E-state index contributed by atoms with van der Waals surface area (Å²) in [6, 6.07) is -1.02. The van der Waals surface area contributed by atoms with Gasteiger partial charge in [-0.1, -0.05) is 12.8 Å². The standard InChI is InChI=1S/C10H15F3N2O3/c1-15(6-10(11,12)13)8(18)14-9(7(16)17)4-2-3-5-9/h2-6H2,1H3,(H,14,18)(H,16,17). The van der Waals surface area contributed by atoms with Crippen LogP contribution in [0.5, 0.6) is 0 Å². The van der Waals surface area contributed by atoms with Crippen molar-refractivity contribution in [3.63, 3.8) is 0 Å². The Morgan fingerprint density at radius 3 is 2.22 bits per heavy atom. The second-order valence-electron chi connectivity index (χ2n) is 4.50. The quantitative estimate of drug-likeness (QED) is 0.816. The molecule has 0 aliphatic heterocycles. The van der Waals surface area contributed by atoms with Gasteiger partial charge in [-0.25, -0.2) is 9.59 Å². The molecule has 0 heterocycles. The molecule has 0 unspecified atom stereocenters. The van der Waals surface area contributed by atoms with Crippen molar-refractivity contribution in [3.8, 4) is 0 Å². The number of carboxylic acids is 1. The van der Waals surface area contributed by atoms with Crippen molar-refractivity contribution in [1.29, 1.82) is 0 Å². The number of urea groups is 1. The number of hydrogen-bond acceptors (Lipinski definition) is 2. The Balaban J connectivity index is 2.65. The molecule has 5 nitrogen and oxygen atoms in total. The van der Waals surface area contributed by atoms with E-state index in [-0.39, 0.29) is 12.8 Å². The number of carbonyl (C=O) groups is 2. The molecule has 1 aliphatic carbocycles. The van der Waals surface area contributed by atoms with E-state index in [0.29, 0.717) is 17.7 Å². The zero-order valence-corrected chi connectivity index (χ0v) is 9.88. The molecule has 1 rings (SSSR count). The summed E-state index contributed by atoms with van der Waals surface area (Å²) >= 11 is 0. The average Bonchev–Trinajstić information content (AvgIpc) is 2.64. The number of alkyl halides is 3. The summed E-state index contributed by atoms with van der Waals surface area (Å²) in [5.74, 6) is -1.20. The first-order valence-corrected chi connectivity index (χ1v) is 5.50. The molecule has 1 saturated carbocycles. The van der Waals surface area contributed by atoms with Gasteiger partial charge in [0.15, 0.2) is 0 Å². The van der Waals surface area contributed by atoms with Gasteiger partial charge in [0, 0.05) is 7.05 Å². The van der Waals surface area contributed by atoms with Crippen LogP contribution in [0.2, 0.25) is 0 Å². The van der Waals surface area contributed by atoms with Gasteiger partial charge in [-0.2, -0.15) is 13.2 Å². The van der Waals surface area contributed by atoms with Crippen LogP contribution in [0.15, 0.2) is 0 Å². The van der Waals surface area contributed by atoms with E-state index in [1.807, 2.05) is 0 Å². The average molecular weight is 268 g/mol. The smallest absolute Gasteiger partial charge is 0.406 e. The van der Waals surface area contributed by atoms with Crippen LogP contribution >= 0.6 is 0 Å². The van der Waals surface area contributed by atoms with Crippen LogP contribution in [0.1, 0.15) is 25.7 Å². The van der Waals surface area contributed by atoms with Gasteiger partial charge < -0.3 is 15.3 Å². The molecule has 2 N–H and O–H groups in total. The molecule has 0 saturated heterocycles. The van der Waals surface area contributed by atoms with Crippen molar-refractivity contribution in [2.45, 2.75) is 37.4 Å². The number of carbonyl (C=O) groups excluding carboxylic acids is 1. The first kappa shape index (κ1) is 14.6. The lowest BCUT2D eigenvalue weighted by atomic mass is 9.98. The van der Waals surface area contributed by atoms with E-state index in [4.69, 9.17) is 5.11 Å². The molecular weight excluding hydrogens is 253 g/mol. The molecule has 104 valence electrons. The fourth-order valence-corrected chi connectivity index (χ4v) is 2.01. The third-order valence-corrected chi connectivity index (χ3v) is 2.98. The van der Waals surface area contributed by atoms with Crippen molar-refractivity contribution in [2.24, 2.45) is 0 Å². The fraction of sp³-hybridized carbons (Fsp3) is 0.800. The van der Waals surface area contributed by atoms with E-state index in [9.17, 15) is 22.8 Å².